The minimum absolute atomic E-state index is 0.183. The van der Waals surface area contributed by atoms with Gasteiger partial charge in [-0.2, -0.15) is 0 Å². The van der Waals surface area contributed by atoms with Crippen LogP contribution in [0.4, 0.5) is 0 Å². The Balaban J connectivity index is 1.34. The number of piperidine rings is 1. The molecule has 27 heavy (non-hydrogen) atoms. The number of nitrogens with zero attached hydrogens (tertiary/aromatic N) is 2. The first-order chi connectivity index (χ1) is 13.3. The third-order valence-electron chi connectivity index (χ3n) is 6.14. The van der Waals surface area contributed by atoms with Gasteiger partial charge < -0.3 is 9.88 Å². The molecule has 1 aromatic heterocycles. The van der Waals surface area contributed by atoms with E-state index in [2.05, 4.69) is 39.0 Å². The Morgan fingerprint density at radius 1 is 1.00 bits per heavy atom. The minimum Gasteiger partial charge on any atom is -0.361 e. The molecular weight excluding hydrogens is 334 g/mol. The largest absolute Gasteiger partial charge is 0.361 e. The van der Waals surface area contributed by atoms with Gasteiger partial charge in [0.1, 0.15) is 0 Å². The van der Waals surface area contributed by atoms with Crippen LogP contribution >= 0.6 is 0 Å². The van der Waals surface area contributed by atoms with E-state index in [9.17, 15) is 4.79 Å². The van der Waals surface area contributed by atoms with Crippen LogP contribution in [0.25, 0.3) is 10.9 Å². The molecule has 0 aliphatic carbocycles. The highest BCUT2D eigenvalue weighted by Gasteiger charge is 2.36. The zero-order chi connectivity index (χ0) is 18.2. The van der Waals surface area contributed by atoms with Crippen molar-refractivity contribution in [3.63, 3.8) is 0 Å². The molecule has 0 spiro atoms. The van der Waals surface area contributed by atoms with Crippen LogP contribution < -0.4 is 0 Å². The number of rotatable bonds is 3. The van der Waals surface area contributed by atoms with Crippen molar-refractivity contribution in [2.24, 2.45) is 5.92 Å². The molecule has 2 atom stereocenters. The molecule has 3 saturated heterocycles. The number of amides is 1. The lowest BCUT2D eigenvalue weighted by molar-refractivity contribution is 0.0736. The van der Waals surface area contributed by atoms with E-state index in [1.807, 2.05) is 36.5 Å². The number of fused-ring (bicyclic) bond motifs is 5. The van der Waals surface area contributed by atoms with Gasteiger partial charge in [0.25, 0.3) is 5.91 Å². The van der Waals surface area contributed by atoms with Crippen molar-refractivity contribution in [3.8, 4) is 0 Å². The Labute approximate surface area is 159 Å². The number of benzene rings is 2. The third-order valence-corrected chi connectivity index (χ3v) is 6.14. The number of aromatic amines is 1. The fourth-order valence-electron chi connectivity index (χ4n) is 4.74. The van der Waals surface area contributed by atoms with Crippen LogP contribution in [-0.2, 0) is 6.54 Å². The molecule has 2 bridgehead atoms. The van der Waals surface area contributed by atoms with Gasteiger partial charge in [0.05, 0.1) is 0 Å². The standard InChI is InChI=1S/C23H25N3O/c27-23(19-4-2-1-3-5-19)26-15-18-6-8-21(16-26)25(14-18)13-17-7-9-22-20(12-17)10-11-24-22/h1-5,7,9-12,18,21,24H,6,8,13-16H2/t18-,21-/m0/s1. The second-order valence-corrected chi connectivity index (χ2v) is 8.00. The van der Waals surface area contributed by atoms with Gasteiger partial charge in [0.15, 0.2) is 0 Å². The summed E-state index contributed by atoms with van der Waals surface area (Å²) in [4.78, 5) is 20.9. The summed E-state index contributed by atoms with van der Waals surface area (Å²) in [6.07, 6.45) is 4.42. The summed E-state index contributed by atoms with van der Waals surface area (Å²) in [6.45, 7) is 3.79. The highest BCUT2D eigenvalue weighted by molar-refractivity contribution is 5.94. The van der Waals surface area contributed by atoms with Crippen molar-refractivity contribution < 1.29 is 4.79 Å². The van der Waals surface area contributed by atoms with E-state index < -0.39 is 0 Å². The molecule has 1 N–H and O–H groups in total. The summed E-state index contributed by atoms with van der Waals surface area (Å²) in [7, 11) is 0. The lowest BCUT2D eigenvalue weighted by atomic mass is 9.94. The summed E-state index contributed by atoms with van der Waals surface area (Å²) in [5.41, 5.74) is 3.36. The smallest absolute Gasteiger partial charge is 0.253 e. The van der Waals surface area contributed by atoms with Gasteiger partial charge >= 0.3 is 0 Å². The molecule has 1 amide bonds. The molecule has 138 valence electrons. The Kier molecular flexibility index (Phi) is 4.21. The zero-order valence-electron chi connectivity index (χ0n) is 15.5. The fraction of sp³-hybridized carbons (Fsp3) is 0.348. The van der Waals surface area contributed by atoms with Crippen LogP contribution in [0.3, 0.4) is 0 Å². The van der Waals surface area contributed by atoms with Crippen molar-refractivity contribution in [2.75, 3.05) is 19.6 Å². The third kappa shape index (κ3) is 3.26. The molecule has 0 unspecified atom stereocenters. The zero-order valence-corrected chi connectivity index (χ0v) is 15.5. The summed E-state index contributed by atoms with van der Waals surface area (Å²) in [6, 6.07) is 19.0. The van der Waals surface area contributed by atoms with Crippen molar-refractivity contribution in [1.82, 2.24) is 14.8 Å². The van der Waals surface area contributed by atoms with E-state index in [0.717, 1.165) is 31.7 Å². The van der Waals surface area contributed by atoms with Gasteiger partial charge in [0.2, 0.25) is 0 Å². The van der Waals surface area contributed by atoms with E-state index >= 15 is 0 Å². The molecular formula is C23H25N3O. The van der Waals surface area contributed by atoms with Crippen LogP contribution in [0.2, 0.25) is 0 Å². The molecule has 3 fully saturated rings. The second kappa shape index (κ2) is 6.86. The Morgan fingerprint density at radius 3 is 2.78 bits per heavy atom. The quantitative estimate of drug-likeness (QED) is 0.770. The Morgan fingerprint density at radius 2 is 1.89 bits per heavy atom. The predicted octanol–water partition coefficient (Wildman–Crippen LogP) is 3.90. The van der Waals surface area contributed by atoms with Crippen LogP contribution in [0.15, 0.2) is 60.8 Å². The van der Waals surface area contributed by atoms with E-state index in [4.69, 9.17) is 0 Å². The van der Waals surface area contributed by atoms with Gasteiger partial charge in [-0.3, -0.25) is 9.69 Å². The average Bonchev–Trinajstić information content (AvgIpc) is 2.98. The van der Waals surface area contributed by atoms with E-state index in [0.29, 0.717) is 12.0 Å². The minimum atomic E-state index is 0.183. The van der Waals surface area contributed by atoms with Crippen LogP contribution in [0.1, 0.15) is 28.8 Å². The molecule has 4 heteroatoms. The molecule has 3 aliphatic rings. The van der Waals surface area contributed by atoms with E-state index in [-0.39, 0.29) is 5.91 Å². The molecule has 3 aliphatic heterocycles. The van der Waals surface area contributed by atoms with Crippen LogP contribution in [0.5, 0.6) is 0 Å². The summed E-state index contributed by atoms with van der Waals surface area (Å²) in [5, 5.41) is 1.27. The first-order valence-electron chi connectivity index (χ1n) is 9.91. The average molecular weight is 359 g/mol. The maximum atomic E-state index is 13.0. The number of hydrogen-bond donors (Lipinski definition) is 1. The molecule has 0 radical (unpaired) electrons. The Bertz CT molecular complexity index is 948. The maximum absolute atomic E-state index is 13.0. The number of H-pyrrole nitrogens is 1. The van der Waals surface area contributed by atoms with E-state index in [1.165, 1.54) is 29.3 Å². The summed E-state index contributed by atoms with van der Waals surface area (Å²) in [5.74, 6) is 0.760. The first kappa shape index (κ1) is 16.6. The SMILES string of the molecule is O=C(c1ccccc1)N1C[C@H]2CC[C@@H](C1)N(Cc1ccc3[nH]ccc3c1)C2. The van der Waals surface area contributed by atoms with Crippen molar-refractivity contribution in [2.45, 2.75) is 25.4 Å². The number of aromatic nitrogens is 1. The van der Waals surface area contributed by atoms with Gasteiger partial charge in [0, 0.05) is 49.5 Å². The lowest BCUT2D eigenvalue weighted by Crippen LogP contribution is -2.43. The second-order valence-electron chi connectivity index (χ2n) is 8.00. The normalized spacial score (nSPS) is 22.9. The van der Waals surface area contributed by atoms with Gasteiger partial charge in [-0.15, -0.1) is 0 Å². The highest BCUT2D eigenvalue weighted by atomic mass is 16.2. The lowest BCUT2D eigenvalue weighted by Gasteiger charge is -2.36. The van der Waals surface area contributed by atoms with Crippen LogP contribution in [0, 0.1) is 5.92 Å². The monoisotopic (exact) mass is 359 g/mol. The van der Waals surface area contributed by atoms with Crippen LogP contribution in [-0.4, -0.2) is 46.4 Å². The van der Waals surface area contributed by atoms with Gasteiger partial charge in [-0.05, 0) is 60.0 Å². The molecule has 6 rings (SSSR count). The van der Waals surface area contributed by atoms with E-state index in [1.54, 1.807) is 0 Å². The van der Waals surface area contributed by atoms with Gasteiger partial charge in [-0.25, -0.2) is 0 Å². The predicted molar refractivity (Wildman–Crippen MR) is 108 cm³/mol. The number of carbonyl (C=O) groups is 1. The van der Waals surface area contributed by atoms with Crippen molar-refractivity contribution >= 4 is 16.8 Å². The number of hydrogen-bond acceptors (Lipinski definition) is 2. The fourth-order valence-corrected chi connectivity index (χ4v) is 4.74. The highest BCUT2D eigenvalue weighted by Crippen LogP contribution is 2.30. The Hall–Kier alpha value is -2.59. The molecule has 0 saturated carbocycles. The number of carbonyl (C=O) groups excluding carboxylic acids is 1. The summed E-state index contributed by atoms with van der Waals surface area (Å²) < 4.78 is 0. The first-order valence-corrected chi connectivity index (χ1v) is 9.91. The van der Waals surface area contributed by atoms with Crippen molar-refractivity contribution in [3.05, 3.63) is 71.9 Å². The summed E-state index contributed by atoms with van der Waals surface area (Å²) >= 11 is 0. The molecule has 4 heterocycles. The number of nitrogens with one attached hydrogen (secondary N) is 1. The molecule has 2 aromatic carbocycles. The molecule has 4 nitrogen and oxygen atoms in total. The van der Waals surface area contributed by atoms with Gasteiger partial charge in [-0.1, -0.05) is 24.3 Å². The maximum Gasteiger partial charge on any atom is 0.253 e. The van der Waals surface area contributed by atoms with Crippen molar-refractivity contribution in [1.29, 1.82) is 0 Å². The topological polar surface area (TPSA) is 39.3 Å². The molecule has 3 aromatic rings.